The number of benzene rings is 1. The van der Waals surface area contributed by atoms with Crippen LogP contribution >= 0.6 is 12.2 Å². The number of para-hydroxylation sites is 1. The van der Waals surface area contributed by atoms with Gasteiger partial charge in [-0.3, -0.25) is 0 Å². The molecule has 1 aromatic rings. The molecule has 1 aliphatic carbocycles. The summed E-state index contributed by atoms with van der Waals surface area (Å²) in [7, 11) is 0. The summed E-state index contributed by atoms with van der Waals surface area (Å²) in [6.45, 7) is 0. The van der Waals surface area contributed by atoms with Crippen LogP contribution in [0.5, 0.6) is 0 Å². The van der Waals surface area contributed by atoms with Gasteiger partial charge in [-0.05, 0) is 37.2 Å². The van der Waals surface area contributed by atoms with E-state index in [0.717, 1.165) is 18.5 Å². The van der Waals surface area contributed by atoms with Gasteiger partial charge in [0, 0.05) is 17.8 Å². The second-order valence-electron chi connectivity index (χ2n) is 4.52. The minimum Gasteiger partial charge on any atom is -0.358 e. The van der Waals surface area contributed by atoms with Crippen LogP contribution in [0.4, 0.5) is 5.69 Å². The Morgan fingerprint density at radius 3 is 2.59 bits per heavy atom. The molecule has 4 heteroatoms. The lowest BCUT2D eigenvalue weighted by Gasteiger charge is -2.30. The third-order valence-electron chi connectivity index (χ3n) is 3.17. The summed E-state index contributed by atoms with van der Waals surface area (Å²) in [6.07, 6.45) is 4.67. The Balaban J connectivity index is 1.84. The molecule has 4 N–H and O–H groups in total. The van der Waals surface area contributed by atoms with E-state index in [-0.39, 0.29) is 6.04 Å². The van der Waals surface area contributed by atoms with Gasteiger partial charge in [0.1, 0.15) is 0 Å². The van der Waals surface area contributed by atoms with Crippen molar-refractivity contribution in [2.45, 2.75) is 37.8 Å². The molecule has 2 atom stereocenters. The number of anilines is 1. The first-order chi connectivity index (χ1) is 8.25. The van der Waals surface area contributed by atoms with Crippen molar-refractivity contribution in [2.75, 3.05) is 5.32 Å². The molecule has 0 radical (unpaired) electrons. The van der Waals surface area contributed by atoms with E-state index in [1.807, 2.05) is 30.3 Å². The molecule has 0 amide bonds. The van der Waals surface area contributed by atoms with E-state index >= 15 is 0 Å². The molecular formula is C13H19N3S. The summed E-state index contributed by atoms with van der Waals surface area (Å²) in [5, 5.41) is 7.15. The van der Waals surface area contributed by atoms with E-state index in [0.29, 0.717) is 11.2 Å². The summed E-state index contributed by atoms with van der Waals surface area (Å²) in [4.78, 5) is 0. The highest BCUT2D eigenvalue weighted by Crippen LogP contribution is 2.17. The van der Waals surface area contributed by atoms with Crippen molar-refractivity contribution < 1.29 is 0 Å². The second kappa shape index (κ2) is 5.98. The summed E-state index contributed by atoms with van der Waals surface area (Å²) in [5.41, 5.74) is 7.08. The summed E-state index contributed by atoms with van der Waals surface area (Å²) in [6, 6.07) is 10.5. The van der Waals surface area contributed by atoms with Crippen LogP contribution < -0.4 is 16.4 Å². The van der Waals surface area contributed by atoms with Crippen molar-refractivity contribution in [3.63, 3.8) is 0 Å². The maximum atomic E-state index is 6.07. The van der Waals surface area contributed by atoms with Crippen LogP contribution in [0.2, 0.25) is 0 Å². The van der Waals surface area contributed by atoms with Gasteiger partial charge in [-0.1, -0.05) is 31.0 Å². The summed E-state index contributed by atoms with van der Waals surface area (Å²) in [5.74, 6) is 0. The van der Waals surface area contributed by atoms with Crippen LogP contribution in [-0.4, -0.2) is 17.2 Å². The van der Waals surface area contributed by atoms with Gasteiger partial charge in [0.05, 0.1) is 0 Å². The van der Waals surface area contributed by atoms with Gasteiger partial charge in [-0.25, -0.2) is 0 Å². The molecule has 0 bridgehead atoms. The van der Waals surface area contributed by atoms with Gasteiger partial charge >= 0.3 is 0 Å². The molecule has 1 aromatic carbocycles. The van der Waals surface area contributed by atoms with Crippen LogP contribution in [0, 0.1) is 0 Å². The number of thiocarbonyl (C=S) groups is 1. The van der Waals surface area contributed by atoms with Gasteiger partial charge in [-0.15, -0.1) is 0 Å². The number of nitrogens with one attached hydrogen (secondary N) is 2. The fourth-order valence-corrected chi connectivity index (χ4v) is 2.47. The molecule has 92 valence electrons. The van der Waals surface area contributed by atoms with Gasteiger partial charge in [0.2, 0.25) is 0 Å². The van der Waals surface area contributed by atoms with E-state index in [9.17, 15) is 0 Å². The van der Waals surface area contributed by atoms with Crippen molar-refractivity contribution in [2.24, 2.45) is 5.73 Å². The molecule has 0 spiro atoms. The average molecular weight is 249 g/mol. The Morgan fingerprint density at radius 2 is 1.88 bits per heavy atom. The monoisotopic (exact) mass is 249 g/mol. The van der Waals surface area contributed by atoms with Crippen LogP contribution in [-0.2, 0) is 0 Å². The fourth-order valence-electron chi connectivity index (χ4n) is 2.20. The van der Waals surface area contributed by atoms with Crippen molar-refractivity contribution in [1.82, 2.24) is 5.32 Å². The minimum atomic E-state index is 0.222. The number of rotatable bonds is 2. The van der Waals surface area contributed by atoms with Gasteiger partial charge in [-0.2, -0.15) is 0 Å². The zero-order valence-corrected chi connectivity index (χ0v) is 10.7. The highest BCUT2D eigenvalue weighted by Gasteiger charge is 2.21. The van der Waals surface area contributed by atoms with E-state index in [1.165, 1.54) is 12.8 Å². The maximum Gasteiger partial charge on any atom is 0.171 e. The van der Waals surface area contributed by atoms with Crippen molar-refractivity contribution >= 4 is 23.0 Å². The lowest BCUT2D eigenvalue weighted by atomic mass is 9.91. The summed E-state index contributed by atoms with van der Waals surface area (Å²) >= 11 is 5.29. The largest absolute Gasteiger partial charge is 0.358 e. The highest BCUT2D eigenvalue weighted by molar-refractivity contribution is 7.80. The number of hydrogen-bond acceptors (Lipinski definition) is 2. The van der Waals surface area contributed by atoms with Crippen LogP contribution in [0.15, 0.2) is 30.3 Å². The van der Waals surface area contributed by atoms with Crippen molar-refractivity contribution in [3.05, 3.63) is 30.3 Å². The zero-order chi connectivity index (χ0) is 12.1. The van der Waals surface area contributed by atoms with E-state index < -0.39 is 0 Å². The molecule has 1 fully saturated rings. The molecule has 0 aliphatic heterocycles. The van der Waals surface area contributed by atoms with Crippen LogP contribution in [0.1, 0.15) is 25.7 Å². The SMILES string of the molecule is N[C@@H]1CCCC[C@H]1NC(=S)Nc1ccccc1. The van der Waals surface area contributed by atoms with E-state index in [4.69, 9.17) is 18.0 Å². The Kier molecular flexibility index (Phi) is 4.34. The first-order valence-corrected chi connectivity index (χ1v) is 6.54. The molecule has 2 rings (SSSR count). The molecule has 0 saturated heterocycles. The quantitative estimate of drug-likeness (QED) is 0.704. The van der Waals surface area contributed by atoms with Crippen LogP contribution in [0.3, 0.4) is 0 Å². The van der Waals surface area contributed by atoms with Crippen LogP contribution in [0.25, 0.3) is 0 Å². The zero-order valence-electron chi connectivity index (χ0n) is 9.86. The highest BCUT2D eigenvalue weighted by atomic mass is 32.1. The molecule has 0 aromatic heterocycles. The fraction of sp³-hybridized carbons (Fsp3) is 0.462. The van der Waals surface area contributed by atoms with Gasteiger partial charge < -0.3 is 16.4 Å². The molecule has 1 saturated carbocycles. The third kappa shape index (κ3) is 3.68. The van der Waals surface area contributed by atoms with Gasteiger partial charge in [0.25, 0.3) is 0 Å². The summed E-state index contributed by atoms with van der Waals surface area (Å²) < 4.78 is 0. The number of hydrogen-bond donors (Lipinski definition) is 3. The first-order valence-electron chi connectivity index (χ1n) is 6.14. The maximum absolute atomic E-state index is 6.07. The Morgan fingerprint density at radius 1 is 1.18 bits per heavy atom. The molecule has 0 unspecified atom stereocenters. The third-order valence-corrected chi connectivity index (χ3v) is 3.39. The van der Waals surface area contributed by atoms with Gasteiger partial charge in [0.15, 0.2) is 5.11 Å². The molecule has 1 aliphatic rings. The average Bonchev–Trinajstić information content (AvgIpc) is 2.33. The van der Waals surface area contributed by atoms with Crippen molar-refractivity contribution in [3.8, 4) is 0 Å². The predicted octanol–water partition coefficient (Wildman–Crippen LogP) is 2.24. The first kappa shape index (κ1) is 12.3. The Bertz CT molecular complexity index is 366. The second-order valence-corrected chi connectivity index (χ2v) is 4.93. The molecule has 0 heterocycles. The molecule has 17 heavy (non-hydrogen) atoms. The van der Waals surface area contributed by atoms with E-state index in [2.05, 4.69) is 10.6 Å². The standard InChI is InChI=1S/C13H19N3S/c14-11-8-4-5-9-12(11)16-13(17)15-10-6-2-1-3-7-10/h1-3,6-7,11-12H,4-5,8-9,14H2,(H2,15,16,17)/t11-,12-/m1/s1. The smallest absolute Gasteiger partial charge is 0.171 e. The minimum absolute atomic E-state index is 0.222. The van der Waals surface area contributed by atoms with E-state index in [1.54, 1.807) is 0 Å². The molecule has 3 nitrogen and oxygen atoms in total. The normalized spacial score (nSPS) is 24.1. The topological polar surface area (TPSA) is 50.1 Å². The molecular weight excluding hydrogens is 230 g/mol. The number of nitrogens with two attached hydrogens (primary N) is 1. The lowest BCUT2D eigenvalue weighted by Crippen LogP contribution is -2.50. The Labute approximate surface area is 108 Å². The van der Waals surface area contributed by atoms with Crippen molar-refractivity contribution in [1.29, 1.82) is 0 Å². The predicted molar refractivity (Wildman–Crippen MR) is 76.0 cm³/mol. The Hall–Kier alpha value is -1.13. The lowest BCUT2D eigenvalue weighted by molar-refractivity contribution is 0.361.